The number of hydrogen-bond acceptors (Lipinski definition) is 1. The molecule has 0 amide bonds. The predicted octanol–water partition coefficient (Wildman–Crippen LogP) is 2.64. The Bertz CT molecular complexity index is 575. The molecule has 2 rings (SSSR count). The topological polar surface area (TPSA) is 42.2 Å². The molecule has 16 heavy (non-hydrogen) atoms. The summed E-state index contributed by atoms with van der Waals surface area (Å²) in [5, 5.41) is 9.32. The molecule has 0 atom stereocenters. The Kier molecular flexibility index (Phi) is 2.38. The average molecular weight is 225 g/mol. The van der Waals surface area contributed by atoms with Crippen LogP contribution in [0.4, 0.5) is 8.78 Å². The fourth-order valence-corrected chi connectivity index (χ4v) is 1.77. The van der Waals surface area contributed by atoms with Crippen molar-refractivity contribution in [3.63, 3.8) is 0 Å². The van der Waals surface area contributed by atoms with Crippen LogP contribution < -0.4 is 0 Å². The van der Waals surface area contributed by atoms with Crippen LogP contribution in [0.2, 0.25) is 0 Å². The van der Waals surface area contributed by atoms with E-state index in [-0.39, 0.29) is 5.69 Å². The van der Waals surface area contributed by atoms with E-state index in [1.54, 1.807) is 6.92 Å². The van der Waals surface area contributed by atoms with Crippen molar-refractivity contribution in [1.29, 1.82) is 0 Å². The van der Waals surface area contributed by atoms with E-state index >= 15 is 0 Å². The van der Waals surface area contributed by atoms with Crippen molar-refractivity contribution >= 4 is 16.9 Å². The molecule has 1 aromatic heterocycles. The summed E-state index contributed by atoms with van der Waals surface area (Å²) in [7, 11) is 0. The molecule has 1 N–H and O–H groups in total. The maximum absolute atomic E-state index is 13.0. The first-order chi connectivity index (χ1) is 7.54. The number of fused-ring (bicyclic) bond motifs is 1. The number of benzene rings is 1. The highest BCUT2D eigenvalue weighted by molar-refractivity contribution is 5.94. The van der Waals surface area contributed by atoms with Gasteiger partial charge in [-0.3, -0.25) is 0 Å². The first-order valence-electron chi connectivity index (χ1n) is 4.76. The van der Waals surface area contributed by atoms with Gasteiger partial charge < -0.3 is 9.67 Å². The number of carboxylic acid groups (broad SMARTS) is 1. The summed E-state index contributed by atoms with van der Waals surface area (Å²) in [6.45, 7) is 2.13. The highest BCUT2D eigenvalue weighted by Gasteiger charge is 2.15. The second-order valence-electron chi connectivity index (χ2n) is 3.40. The molecule has 84 valence electrons. The van der Waals surface area contributed by atoms with E-state index < -0.39 is 17.6 Å². The number of halogens is 2. The second-order valence-corrected chi connectivity index (χ2v) is 3.40. The zero-order valence-electron chi connectivity index (χ0n) is 8.50. The summed E-state index contributed by atoms with van der Waals surface area (Å²) < 4.78 is 27.4. The Morgan fingerprint density at radius 1 is 1.31 bits per heavy atom. The third kappa shape index (κ3) is 1.44. The van der Waals surface area contributed by atoms with E-state index in [1.807, 2.05) is 0 Å². The maximum atomic E-state index is 13.0. The lowest BCUT2D eigenvalue weighted by atomic mass is 10.2. The minimum atomic E-state index is -1.11. The maximum Gasteiger partial charge on any atom is 0.352 e. The fourth-order valence-electron chi connectivity index (χ4n) is 1.77. The van der Waals surface area contributed by atoms with Gasteiger partial charge in [0.1, 0.15) is 5.69 Å². The summed E-state index contributed by atoms with van der Waals surface area (Å²) in [5.74, 6) is -3.06. The molecule has 0 aliphatic carbocycles. The van der Waals surface area contributed by atoms with Gasteiger partial charge in [0.15, 0.2) is 11.6 Å². The minimum absolute atomic E-state index is 0.0301. The van der Waals surface area contributed by atoms with Crippen molar-refractivity contribution in [2.24, 2.45) is 0 Å². The normalized spacial score (nSPS) is 10.9. The molecular weight excluding hydrogens is 216 g/mol. The van der Waals surface area contributed by atoms with Crippen molar-refractivity contribution in [3.05, 3.63) is 35.5 Å². The summed E-state index contributed by atoms with van der Waals surface area (Å²) >= 11 is 0. The zero-order chi connectivity index (χ0) is 11.9. The smallest absolute Gasteiger partial charge is 0.352 e. The first kappa shape index (κ1) is 10.6. The highest BCUT2D eigenvalue weighted by Crippen LogP contribution is 2.23. The van der Waals surface area contributed by atoms with E-state index in [0.717, 1.165) is 12.1 Å². The molecule has 0 aliphatic rings. The number of hydrogen-bond donors (Lipinski definition) is 1. The molecule has 1 heterocycles. The molecule has 0 aliphatic heterocycles. The molecule has 0 saturated carbocycles. The largest absolute Gasteiger partial charge is 0.477 e. The van der Waals surface area contributed by atoms with Gasteiger partial charge in [-0.05, 0) is 19.1 Å². The lowest BCUT2D eigenvalue weighted by Gasteiger charge is -2.04. The first-order valence-corrected chi connectivity index (χ1v) is 4.76. The van der Waals surface area contributed by atoms with Gasteiger partial charge in [0.25, 0.3) is 0 Å². The second kappa shape index (κ2) is 3.59. The Morgan fingerprint density at radius 3 is 2.50 bits per heavy atom. The van der Waals surface area contributed by atoms with Gasteiger partial charge in [0.05, 0.1) is 5.52 Å². The van der Waals surface area contributed by atoms with Crippen LogP contribution in [-0.4, -0.2) is 15.6 Å². The van der Waals surface area contributed by atoms with E-state index in [9.17, 15) is 13.6 Å². The Balaban J connectivity index is 2.82. The summed E-state index contributed by atoms with van der Waals surface area (Å²) in [4.78, 5) is 10.9. The third-order valence-electron chi connectivity index (χ3n) is 2.48. The molecule has 5 heteroatoms. The third-order valence-corrected chi connectivity index (χ3v) is 2.48. The number of carbonyl (C=O) groups is 1. The molecule has 0 spiro atoms. The van der Waals surface area contributed by atoms with Crippen LogP contribution in [0.5, 0.6) is 0 Å². The monoisotopic (exact) mass is 225 g/mol. The van der Waals surface area contributed by atoms with Gasteiger partial charge in [-0.15, -0.1) is 0 Å². The van der Waals surface area contributed by atoms with Gasteiger partial charge in [0, 0.05) is 18.0 Å². The Hall–Kier alpha value is -1.91. The van der Waals surface area contributed by atoms with E-state index in [4.69, 9.17) is 5.11 Å². The van der Waals surface area contributed by atoms with E-state index in [2.05, 4.69) is 0 Å². The number of aromatic carboxylic acids is 1. The molecule has 3 nitrogen and oxygen atoms in total. The lowest BCUT2D eigenvalue weighted by molar-refractivity contribution is 0.0686. The lowest BCUT2D eigenvalue weighted by Crippen LogP contribution is -2.06. The van der Waals surface area contributed by atoms with Crippen LogP contribution in [0.3, 0.4) is 0 Å². The van der Waals surface area contributed by atoms with Crippen molar-refractivity contribution < 1.29 is 18.7 Å². The van der Waals surface area contributed by atoms with Crippen LogP contribution in [0.1, 0.15) is 17.4 Å². The van der Waals surface area contributed by atoms with Crippen molar-refractivity contribution in [1.82, 2.24) is 4.57 Å². The molecule has 0 unspecified atom stereocenters. The standard InChI is InChI=1S/C11H9F2NO2/c1-2-14-9-5-8(13)7(12)3-6(9)4-10(14)11(15)16/h3-5H,2H2,1H3,(H,15,16). The van der Waals surface area contributed by atoms with Gasteiger partial charge in [0.2, 0.25) is 0 Å². The van der Waals surface area contributed by atoms with Crippen LogP contribution >= 0.6 is 0 Å². The minimum Gasteiger partial charge on any atom is -0.477 e. The molecule has 1 aromatic carbocycles. The summed E-state index contributed by atoms with van der Waals surface area (Å²) in [6.07, 6.45) is 0. The average Bonchev–Trinajstić information content (AvgIpc) is 2.57. The quantitative estimate of drug-likeness (QED) is 0.853. The van der Waals surface area contributed by atoms with Crippen molar-refractivity contribution in [2.45, 2.75) is 13.5 Å². The molecule has 0 radical (unpaired) electrons. The van der Waals surface area contributed by atoms with Gasteiger partial charge >= 0.3 is 5.97 Å². The number of aryl methyl sites for hydroxylation is 1. The number of carboxylic acids is 1. The molecular formula is C11H9F2NO2. The van der Waals surface area contributed by atoms with E-state index in [0.29, 0.717) is 17.4 Å². The number of aromatic nitrogens is 1. The number of nitrogens with zero attached hydrogens (tertiary/aromatic N) is 1. The molecule has 0 fully saturated rings. The Labute approximate surface area is 89.9 Å². The van der Waals surface area contributed by atoms with Crippen LogP contribution in [0, 0.1) is 11.6 Å². The van der Waals surface area contributed by atoms with Crippen molar-refractivity contribution in [3.8, 4) is 0 Å². The van der Waals surface area contributed by atoms with Crippen molar-refractivity contribution in [2.75, 3.05) is 0 Å². The molecule has 0 bridgehead atoms. The van der Waals surface area contributed by atoms with Gasteiger partial charge in [-0.1, -0.05) is 0 Å². The Morgan fingerprint density at radius 2 is 1.94 bits per heavy atom. The van der Waals surface area contributed by atoms with E-state index in [1.165, 1.54) is 10.6 Å². The fraction of sp³-hybridized carbons (Fsp3) is 0.182. The predicted molar refractivity (Wildman–Crippen MR) is 54.5 cm³/mol. The summed E-state index contributed by atoms with van der Waals surface area (Å²) in [6, 6.07) is 3.35. The SMILES string of the molecule is CCn1c(C(=O)O)cc2cc(F)c(F)cc21. The van der Waals surface area contributed by atoms with Gasteiger partial charge in [-0.2, -0.15) is 0 Å². The van der Waals surface area contributed by atoms with Crippen LogP contribution in [0.15, 0.2) is 18.2 Å². The summed E-state index contributed by atoms with van der Waals surface area (Å²) in [5.41, 5.74) is 0.418. The van der Waals surface area contributed by atoms with Crippen LogP contribution in [-0.2, 0) is 6.54 Å². The van der Waals surface area contributed by atoms with Crippen LogP contribution in [0.25, 0.3) is 10.9 Å². The highest BCUT2D eigenvalue weighted by atomic mass is 19.2. The zero-order valence-corrected chi connectivity index (χ0v) is 8.50. The molecule has 2 aromatic rings. The number of rotatable bonds is 2. The van der Waals surface area contributed by atoms with Gasteiger partial charge in [-0.25, -0.2) is 13.6 Å². The molecule has 0 saturated heterocycles.